The van der Waals surface area contributed by atoms with E-state index in [2.05, 4.69) is 0 Å². The van der Waals surface area contributed by atoms with Gasteiger partial charge in [0.1, 0.15) is 5.75 Å². The highest BCUT2D eigenvalue weighted by Gasteiger charge is 2.22. The molecule has 0 saturated heterocycles. The number of aliphatic carboxylic acids is 2. The van der Waals surface area contributed by atoms with Gasteiger partial charge in [-0.15, -0.1) is 0 Å². The maximum absolute atomic E-state index is 12.4. The van der Waals surface area contributed by atoms with Gasteiger partial charge in [0, 0.05) is 23.0 Å². The van der Waals surface area contributed by atoms with Crippen LogP contribution in [0.5, 0.6) is 0 Å². The summed E-state index contributed by atoms with van der Waals surface area (Å²) in [6, 6.07) is 19.0. The summed E-state index contributed by atoms with van der Waals surface area (Å²) in [5.41, 5.74) is 7.00. The highest BCUT2D eigenvalue weighted by Crippen LogP contribution is 2.28. The Morgan fingerprint density at radius 3 is 1.52 bits per heavy atom. The average molecular weight is 389 g/mol. The molecule has 0 heterocycles. The molecule has 27 heavy (non-hydrogen) atoms. The van der Waals surface area contributed by atoms with Gasteiger partial charge in [0.25, 0.3) is 0 Å². The van der Waals surface area contributed by atoms with E-state index in [1.807, 2.05) is 60.7 Å². The zero-order chi connectivity index (χ0) is 20.2. The number of carbonyl (C=O) groups excluding carboxylic acids is 1. The Morgan fingerprint density at radius 2 is 1.22 bits per heavy atom. The Balaban J connectivity index is 0.000000387. The summed E-state index contributed by atoms with van der Waals surface area (Å²) in [5.74, 6) is -3.19. The van der Waals surface area contributed by atoms with E-state index < -0.39 is 28.6 Å². The van der Waals surface area contributed by atoms with Gasteiger partial charge >= 0.3 is 11.9 Å². The van der Waals surface area contributed by atoms with Crippen LogP contribution in [-0.2, 0) is 25.2 Å². The topological polar surface area (TPSA) is 135 Å². The molecule has 0 aliphatic heterocycles. The van der Waals surface area contributed by atoms with Crippen molar-refractivity contribution < 1.29 is 28.8 Å². The summed E-state index contributed by atoms with van der Waals surface area (Å²) in [5, 5.41) is 15.3. The van der Waals surface area contributed by atoms with E-state index in [1.165, 1.54) is 0 Å². The third kappa shape index (κ3) is 8.59. The van der Waals surface area contributed by atoms with Crippen molar-refractivity contribution in [3.8, 4) is 0 Å². The van der Waals surface area contributed by atoms with Crippen LogP contribution in [0.25, 0.3) is 0 Å². The number of carboxylic acids is 2. The molecule has 0 aliphatic carbocycles. The molecular weight excluding hydrogens is 370 g/mol. The summed E-state index contributed by atoms with van der Waals surface area (Å²) >= 11 is 0. The van der Waals surface area contributed by atoms with Gasteiger partial charge in [-0.25, -0.2) is 9.59 Å². The normalized spacial score (nSPS) is 11.4. The van der Waals surface area contributed by atoms with Crippen LogP contribution in [0, 0.1) is 0 Å². The Hall–Kier alpha value is -3.26. The molecule has 0 aromatic heterocycles. The Bertz CT molecular complexity index is 765. The summed E-state index contributed by atoms with van der Waals surface area (Å²) in [7, 11) is -1.36. The minimum Gasteiger partial charge on any atom is -0.478 e. The number of amides is 1. The van der Waals surface area contributed by atoms with Crippen molar-refractivity contribution in [2.24, 2.45) is 5.73 Å². The lowest BCUT2D eigenvalue weighted by Gasteiger charge is -2.16. The lowest BCUT2D eigenvalue weighted by Crippen LogP contribution is -2.23. The first-order valence-corrected chi connectivity index (χ1v) is 9.08. The molecule has 2 rings (SSSR count). The number of primary amides is 1. The molecule has 2 aromatic rings. The van der Waals surface area contributed by atoms with Gasteiger partial charge in [0.05, 0.1) is 5.25 Å². The minimum absolute atomic E-state index is 0.131. The van der Waals surface area contributed by atoms with Gasteiger partial charge in [0.15, 0.2) is 0 Å². The third-order valence-electron chi connectivity index (χ3n) is 3.12. The highest BCUT2D eigenvalue weighted by molar-refractivity contribution is 7.86. The quantitative estimate of drug-likeness (QED) is 0.617. The van der Waals surface area contributed by atoms with E-state index in [0.29, 0.717) is 12.2 Å². The molecule has 1 amide bonds. The Labute approximate surface area is 158 Å². The summed E-state index contributed by atoms with van der Waals surface area (Å²) in [6.45, 7) is 0. The molecule has 0 aliphatic rings. The first-order valence-electron chi connectivity index (χ1n) is 7.70. The molecule has 0 fully saturated rings. The fraction of sp³-hybridized carbons (Fsp3) is 0.105. The standard InChI is InChI=1S/C15H15NO2S.C4H4O4/c16-14(17)11-19(18)15(12-7-3-1-4-8-12)13-9-5-2-6-10-13;5-3(6)1-2-4(7)8/h1-10,15H,11H2,(H2,16,17);1-2H,(H,5,6)(H,7,8). The van der Waals surface area contributed by atoms with Crippen LogP contribution < -0.4 is 5.73 Å². The second-order valence-corrected chi connectivity index (χ2v) is 6.72. The minimum atomic E-state index is -1.36. The van der Waals surface area contributed by atoms with Crippen LogP contribution in [0.2, 0.25) is 0 Å². The van der Waals surface area contributed by atoms with E-state index >= 15 is 0 Å². The molecule has 8 heteroatoms. The first-order chi connectivity index (χ1) is 12.8. The fourth-order valence-corrected chi connectivity index (χ4v) is 3.49. The van der Waals surface area contributed by atoms with Crippen molar-refractivity contribution in [3.63, 3.8) is 0 Å². The largest absolute Gasteiger partial charge is 0.478 e. The number of carboxylic acid groups (broad SMARTS) is 2. The van der Waals surface area contributed by atoms with Gasteiger partial charge in [-0.05, 0) is 11.1 Å². The second-order valence-electron chi connectivity index (χ2n) is 5.20. The van der Waals surface area contributed by atoms with Crippen LogP contribution in [0.4, 0.5) is 0 Å². The monoisotopic (exact) mass is 389 g/mol. The van der Waals surface area contributed by atoms with Crippen LogP contribution in [-0.4, -0.2) is 38.0 Å². The smallest absolute Gasteiger partial charge is 0.328 e. The van der Waals surface area contributed by atoms with Crippen LogP contribution in [0.1, 0.15) is 16.4 Å². The predicted octanol–water partition coefficient (Wildman–Crippen LogP) is 1.72. The Morgan fingerprint density at radius 1 is 0.852 bits per heavy atom. The lowest BCUT2D eigenvalue weighted by atomic mass is 10.0. The van der Waals surface area contributed by atoms with E-state index in [1.54, 1.807) is 0 Å². The zero-order valence-electron chi connectivity index (χ0n) is 14.2. The second kappa shape index (κ2) is 11.4. The lowest BCUT2D eigenvalue weighted by molar-refractivity contribution is -0.134. The molecule has 0 radical (unpaired) electrons. The molecule has 0 bridgehead atoms. The molecular formula is C19H19NO6S. The summed E-state index contributed by atoms with van der Waals surface area (Å²) in [4.78, 5) is 30.1. The zero-order valence-corrected chi connectivity index (χ0v) is 15.0. The van der Waals surface area contributed by atoms with Crippen LogP contribution >= 0.6 is 0 Å². The van der Waals surface area contributed by atoms with Crippen LogP contribution in [0.15, 0.2) is 72.8 Å². The van der Waals surface area contributed by atoms with Crippen molar-refractivity contribution >= 4 is 28.6 Å². The summed E-state index contributed by atoms with van der Waals surface area (Å²) in [6.07, 6.45) is 1.12. The van der Waals surface area contributed by atoms with E-state index in [4.69, 9.17) is 15.9 Å². The van der Waals surface area contributed by atoms with Crippen molar-refractivity contribution in [1.29, 1.82) is 0 Å². The summed E-state index contributed by atoms with van der Waals surface area (Å²) < 4.78 is 12.4. The van der Waals surface area contributed by atoms with Crippen molar-refractivity contribution in [2.45, 2.75) is 5.25 Å². The average Bonchev–Trinajstić information content (AvgIpc) is 2.62. The van der Waals surface area contributed by atoms with Gasteiger partial charge in [-0.2, -0.15) is 0 Å². The highest BCUT2D eigenvalue weighted by atomic mass is 32.2. The van der Waals surface area contributed by atoms with E-state index in [-0.39, 0.29) is 11.0 Å². The maximum atomic E-state index is 12.4. The van der Waals surface area contributed by atoms with E-state index in [9.17, 15) is 18.6 Å². The maximum Gasteiger partial charge on any atom is 0.328 e. The van der Waals surface area contributed by atoms with Gasteiger partial charge < -0.3 is 15.9 Å². The number of hydrogen-bond acceptors (Lipinski definition) is 4. The number of hydrogen-bond donors (Lipinski definition) is 3. The number of rotatable bonds is 7. The number of nitrogens with two attached hydrogens (primary N) is 1. The van der Waals surface area contributed by atoms with Crippen LogP contribution in [0.3, 0.4) is 0 Å². The van der Waals surface area contributed by atoms with E-state index in [0.717, 1.165) is 11.1 Å². The van der Waals surface area contributed by atoms with Gasteiger partial charge in [-0.1, -0.05) is 60.7 Å². The molecule has 1 unspecified atom stereocenters. The molecule has 7 nitrogen and oxygen atoms in total. The Kier molecular flexibility index (Phi) is 9.18. The molecule has 0 saturated carbocycles. The molecule has 4 N–H and O–H groups in total. The molecule has 1 atom stereocenters. The first kappa shape index (κ1) is 21.8. The third-order valence-corrected chi connectivity index (χ3v) is 4.76. The molecule has 142 valence electrons. The fourth-order valence-electron chi connectivity index (χ4n) is 2.12. The van der Waals surface area contributed by atoms with Gasteiger partial charge in [0.2, 0.25) is 5.91 Å². The number of benzene rings is 2. The molecule has 2 aromatic carbocycles. The van der Waals surface area contributed by atoms with Crippen molar-refractivity contribution in [2.75, 3.05) is 5.75 Å². The molecule has 0 spiro atoms. The SMILES string of the molecule is NC(=O)CS(=O)C(c1ccccc1)c1ccccc1.O=C(O)C=CC(=O)O. The van der Waals surface area contributed by atoms with Gasteiger partial charge in [-0.3, -0.25) is 9.00 Å². The number of carbonyl (C=O) groups is 3. The van der Waals surface area contributed by atoms with Crippen molar-refractivity contribution in [3.05, 3.63) is 83.9 Å². The predicted molar refractivity (Wildman–Crippen MR) is 101 cm³/mol. The van der Waals surface area contributed by atoms with Crippen molar-refractivity contribution in [1.82, 2.24) is 0 Å².